The molecule has 1 atom stereocenters. The van der Waals surface area contributed by atoms with Crippen molar-refractivity contribution in [1.82, 2.24) is 21.0 Å². The normalized spacial score (nSPS) is 11.3. The smallest absolute Gasteiger partial charge is 0.405 e. The lowest BCUT2D eigenvalue weighted by molar-refractivity contribution is -0.118. The molecule has 1 heterocycles. The van der Waals surface area contributed by atoms with Crippen LogP contribution in [0.2, 0.25) is 0 Å². The van der Waals surface area contributed by atoms with E-state index in [2.05, 4.69) is 26.4 Å². The largest absolute Gasteiger partial charge is 0.465 e. The molecule has 7 N–H and O–H groups in total. The van der Waals surface area contributed by atoms with Crippen LogP contribution in [0.1, 0.15) is 19.3 Å². The Morgan fingerprint density at radius 2 is 2.00 bits per heavy atom. The van der Waals surface area contributed by atoms with Gasteiger partial charge in [-0.15, -0.1) is 11.3 Å². The molecule has 0 spiro atoms. The molecule has 0 saturated carbocycles. The quantitative estimate of drug-likeness (QED) is 0.156. The molecule has 0 radical (unpaired) electrons. The zero-order valence-corrected chi connectivity index (χ0v) is 16.6. The SMILES string of the molecule is NNC(=S)NCCCCC(NC(=O)O)C(=O)Nc1nc(-c2ccccc2)cs1. The molecule has 150 valence electrons. The molecule has 11 heteroatoms. The summed E-state index contributed by atoms with van der Waals surface area (Å²) in [7, 11) is 0. The Kier molecular flexibility index (Phi) is 8.59. The molecule has 2 aromatic rings. The van der Waals surface area contributed by atoms with Crippen LogP contribution in [0.25, 0.3) is 11.3 Å². The summed E-state index contributed by atoms with van der Waals surface area (Å²) >= 11 is 6.14. The highest BCUT2D eigenvalue weighted by molar-refractivity contribution is 7.80. The number of carbonyl (C=O) groups is 2. The Hall–Kier alpha value is -2.76. The van der Waals surface area contributed by atoms with Crippen LogP contribution in [0.3, 0.4) is 0 Å². The molecule has 0 fully saturated rings. The van der Waals surface area contributed by atoms with Gasteiger partial charge in [-0.25, -0.2) is 15.6 Å². The number of aromatic nitrogens is 1. The van der Waals surface area contributed by atoms with Gasteiger partial charge in [-0.2, -0.15) is 0 Å². The Labute approximate surface area is 171 Å². The van der Waals surface area contributed by atoms with Crippen LogP contribution >= 0.6 is 23.6 Å². The number of benzene rings is 1. The number of thiocarbonyl (C=S) groups is 1. The number of hydrogen-bond donors (Lipinski definition) is 6. The van der Waals surface area contributed by atoms with E-state index in [4.69, 9.17) is 23.2 Å². The van der Waals surface area contributed by atoms with Gasteiger partial charge >= 0.3 is 6.09 Å². The summed E-state index contributed by atoms with van der Waals surface area (Å²) in [6.45, 7) is 0.567. The first kappa shape index (κ1) is 21.5. The van der Waals surface area contributed by atoms with Crippen molar-refractivity contribution in [3.63, 3.8) is 0 Å². The molecule has 1 aromatic heterocycles. The maximum Gasteiger partial charge on any atom is 0.405 e. The number of thiazole rings is 1. The molecule has 2 amide bonds. The van der Waals surface area contributed by atoms with Crippen molar-refractivity contribution in [1.29, 1.82) is 0 Å². The number of anilines is 1. The van der Waals surface area contributed by atoms with Gasteiger partial charge in [0, 0.05) is 17.5 Å². The van der Waals surface area contributed by atoms with Crippen LogP contribution in [0.15, 0.2) is 35.7 Å². The third-order valence-corrected chi connectivity index (χ3v) is 4.77. The zero-order valence-electron chi connectivity index (χ0n) is 15.0. The van der Waals surface area contributed by atoms with E-state index in [0.717, 1.165) is 11.3 Å². The minimum atomic E-state index is -1.25. The maximum atomic E-state index is 12.5. The highest BCUT2D eigenvalue weighted by Crippen LogP contribution is 2.24. The molecule has 0 aliphatic rings. The van der Waals surface area contributed by atoms with E-state index in [1.165, 1.54) is 11.3 Å². The summed E-state index contributed by atoms with van der Waals surface area (Å²) < 4.78 is 0. The minimum Gasteiger partial charge on any atom is -0.465 e. The number of nitrogens with zero attached hydrogens (tertiary/aromatic N) is 1. The van der Waals surface area contributed by atoms with Crippen LogP contribution in [-0.4, -0.2) is 39.8 Å². The fourth-order valence-corrected chi connectivity index (χ4v) is 3.23. The molecule has 1 unspecified atom stereocenters. The molecule has 1 aromatic carbocycles. The molecule has 0 bridgehead atoms. The Bertz CT molecular complexity index is 799. The number of carbonyl (C=O) groups excluding carboxylic acids is 1. The van der Waals surface area contributed by atoms with Gasteiger partial charge in [-0.3, -0.25) is 4.79 Å². The summed E-state index contributed by atoms with van der Waals surface area (Å²) in [4.78, 5) is 27.9. The fraction of sp³-hybridized carbons (Fsp3) is 0.294. The lowest BCUT2D eigenvalue weighted by atomic mass is 10.1. The van der Waals surface area contributed by atoms with Crippen molar-refractivity contribution in [2.24, 2.45) is 5.84 Å². The second kappa shape index (κ2) is 11.2. The van der Waals surface area contributed by atoms with Gasteiger partial charge < -0.3 is 26.5 Å². The number of rotatable bonds is 9. The molecule has 0 aliphatic carbocycles. The third-order valence-electron chi connectivity index (χ3n) is 3.75. The van der Waals surface area contributed by atoms with E-state index in [1.54, 1.807) is 0 Å². The van der Waals surface area contributed by atoms with Crippen molar-refractivity contribution >= 4 is 45.8 Å². The van der Waals surface area contributed by atoms with Gasteiger partial charge in [-0.1, -0.05) is 30.3 Å². The fourth-order valence-electron chi connectivity index (χ4n) is 2.41. The van der Waals surface area contributed by atoms with Gasteiger partial charge in [0.15, 0.2) is 10.2 Å². The number of nitrogens with two attached hydrogens (primary N) is 1. The van der Waals surface area contributed by atoms with Gasteiger partial charge in [0.05, 0.1) is 5.69 Å². The molecule has 0 saturated heterocycles. The van der Waals surface area contributed by atoms with Crippen molar-refractivity contribution in [2.75, 3.05) is 11.9 Å². The summed E-state index contributed by atoms with van der Waals surface area (Å²) in [5.74, 6) is 4.71. The highest BCUT2D eigenvalue weighted by Gasteiger charge is 2.21. The predicted molar refractivity (Wildman–Crippen MR) is 113 cm³/mol. The number of hydrogen-bond acceptors (Lipinski definition) is 6. The average molecular weight is 423 g/mol. The van der Waals surface area contributed by atoms with E-state index in [1.807, 2.05) is 35.7 Å². The van der Waals surface area contributed by atoms with Crippen LogP contribution in [0, 0.1) is 0 Å². The predicted octanol–water partition coefficient (Wildman–Crippen LogP) is 1.89. The summed E-state index contributed by atoms with van der Waals surface area (Å²) in [6.07, 6.45) is 0.406. The van der Waals surface area contributed by atoms with Crippen molar-refractivity contribution in [3.8, 4) is 11.3 Å². The average Bonchev–Trinajstić information content (AvgIpc) is 3.15. The molecule has 28 heavy (non-hydrogen) atoms. The lowest BCUT2D eigenvalue weighted by Crippen LogP contribution is -2.43. The standard InChI is InChI=1S/C17H22N6O3S2/c18-23-15(27)19-9-5-4-8-12(21-17(25)26)14(24)22-16-20-13(10-28-16)11-6-2-1-3-7-11/h1-3,6-7,10,12,21H,4-5,8-9,18H2,(H,25,26)(H2,19,23,27)(H,20,22,24). The van der Waals surface area contributed by atoms with Gasteiger partial charge in [0.2, 0.25) is 5.91 Å². The van der Waals surface area contributed by atoms with Gasteiger partial charge in [-0.05, 0) is 31.5 Å². The first-order valence-corrected chi connectivity index (χ1v) is 9.84. The number of nitrogens with one attached hydrogen (secondary N) is 4. The van der Waals surface area contributed by atoms with Crippen molar-refractivity contribution in [3.05, 3.63) is 35.7 Å². The second-order valence-corrected chi connectivity index (χ2v) is 7.06. The number of carboxylic acid groups (broad SMARTS) is 1. The van der Waals surface area contributed by atoms with Crippen LogP contribution in [0.4, 0.5) is 9.93 Å². The Morgan fingerprint density at radius 3 is 2.68 bits per heavy atom. The van der Waals surface area contributed by atoms with E-state index in [9.17, 15) is 9.59 Å². The lowest BCUT2D eigenvalue weighted by Gasteiger charge is -2.16. The van der Waals surface area contributed by atoms with E-state index < -0.39 is 18.0 Å². The van der Waals surface area contributed by atoms with Gasteiger partial charge in [0.1, 0.15) is 6.04 Å². The summed E-state index contributed by atoms with van der Waals surface area (Å²) in [6, 6.07) is 8.71. The summed E-state index contributed by atoms with van der Waals surface area (Å²) in [5, 5.41) is 19.4. The highest BCUT2D eigenvalue weighted by atomic mass is 32.1. The second-order valence-electron chi connectivity index (χ2n) is 5.79. The van der Waals surface area contributed by atoms with Crippen molar-refractivity contribution in [2.45, 2.75) is 25.3 Å². The van der Waals surface area contributed by atoms with Crippen LogP contribution in [-0.2, 0) is 4.79 Å². The van der Waals surface area contributed by atoms with E-state index in [-0.39, 0.29) is 0 Å². The molecule has 0 aliphatic heterocycles. The van der Waals surface area contributed by atoms with E-state index in [0.29, 0.717) is 36.1 Å². The minimum absolute atomic E-state index is 0.330. The first-order chi connectivity index (χ1) is 13.5. The molecule has 9 nitrogen and oxygen atoms in total. The molecule has 2 rings (SSSR count). The van der Waals surface area contributed by atoms with Crippen LogP contribution in [0.5, 0.6) is 0 Å². The van der Waals surface area contributed by atoms with Crippen LogP contribution < -0.4 is 27.2 Å². The molecular formula is C17H22N6O3S2. The topological polar surface area (TPSA) is 141 Å². The van der Waals surface area contributed by atoms with Gasteiger partial charge in [0.25, 0.3) is 0 Å². The summed E-state index contributed by atoms with van der Waals surface area (Å²) in [5.41, 5.74) is 4.00. The Morgan fingerprint density at radius 1 is 1.25 bits per heavy atom. The maximum absolute atomic E-state index is 12.5. The zero-order chi connectivity index (χ0) is 20.4. The van der Waals surface area contributed by atoms with E-state index >= 15 is 0 Å². The number of hydrazine groups is 1. The Balaban J connectivity index is 1.89. The monoisotopic (exact) mass is 422 g/mol. The molecular weight excluding hydrogens is 400 g/mol. The number of amides is 2. The van der Waals surface area contributed by atoms with Crippen molar-refractivity contribution < 1.29 is 14.7 Å². The number of unbranched alkanes of at least 4 members (excludes halogenated alkanes) is 1. The third kappa shape index (κ3) is 7.10. The first-order valence-electron chi connectivity index (χ1n) is 8.55.